The Hall–Kier alpha value is -2.18. The minimum Gasteiger partial charge on any atom is -0.545 e. The van der Waals surface area contributed by atoms with Gasteiger partial charge in [-0.1, -0.05) is 0 Å². The molecule has 0 amide bonds. The molecule has 5 nitrogen and oxygen atoms in total. The molecule has 3 atom stereocenters. The van der Waals surface area contributed by atoms with Crippen LogP contribution in [0.2, 0.25) is 0 Å². The number of ketones is 1. The number of carbonyl (C=O) groups is 2. The maximum atomic E-state index is 13.8. The van der Waals surface area contributed by atoms with E-state index in [9.17, 15) is 23.5 Å². The summed E-state index contributed by atoms with van der Waals surface area (Å²) in [5.41, 5.74) is -0.536. The lowest BCUT2D eigenvalue weighted by Crippen LogP contribution is -2.56. The molecule has 0 unspecified atom stereocenters. The van der Waals surface area contributed by atoms with Crippen molar-refractivity contribution in [3.8, 4) is 0 Å². The van der Waals surface area contributed by atoms with Crippen LogP contribution in [0.15, 0.2) is 35.3 Å². The number of rotatable bonds is 1. The van der Waals surface area contributed by atoms with Crippen LogP contribution in [-0.4, -0.2) is 35.3 Å². The van der Waals surface area contributed by atoms with E-state index in [-0.39, 0.29) is 18.4 Å². The van der Waals surface area contributed by atoms with Gasteiger partial charge in [0.25, 0.3) is 0 Å². The van der Waals surface area contributed by atoms with Crippen LogP contribution in [0, 0.1) is 5.92 Å². The second kappa shape index (κ2) is 4.16. The van der Waals surface area contributed by atoms with E-state index in [4.69, 9.17) is 4.74 Å². The van der Waals surface area contributed by atoms with Gasteiger partial charge in [-0.3, -0.25) is 4.79 Å². The summed E-state index contributed by atoms with van der Waals surface area (Å²) < 4.78 is 32.5. The third kappa shape index (κ3) is 1.59. The summed E-state index contributed by atoms with van der Waals surface area (Å²) in [4.78, 5) is 24.6. The van der Waals surface area contributed by atoms with Crippen LogP contribution in [0.3, 0.4) is 0 Å². The molecule has 1 fully saturated rings. The van der Waals surface area contributed by atoms with Crippen LogP contribution < -0.4 is 5.11 Å². The Kier molecular flexibility index (Phi) is 2.67. The van der Waals surface area contributed by atoms with Gasteiger partial charge in [-0.05, 0) is 13.0 Å². The quantitative estimate of drug-likeness (QED) is 0.631. The Labute approximate surface area is 112 Å². The first-order valence-corrected chi connectivity index (χ1v) is 6.06. The molecule has 0 spiro atoms. The number of hydrogen-bond donors (Lipinski definition) is 0. The number of morpholine rings is 1. The lowest BCUT2D eigenvalue weighted by molar-refractivity contribution is -0.299. The van der Waals surface area contributed by atoms with Gasteiger partial charge in [0, 0.05) is 6.20 Å². The summed E-state index contributed by atoms with van der Waals surface area (Å²) >= 11 is 0. The average Bonchev–Trinajstić information content (AvgIpc) is 2.39. The molecule has 0 aromatic rings. The molecule has 0 radical (unpaired) electrons. The van der Waals surface area contributed by atoms with Crippen LogP contribution in [0.5, 0.6) is 0 Å². The summed E-state index contributed by atoms with van der Waals surface area (Å²) in [7, 11) is 0. The van der Waals surface area contributed by atoms with E-state index in [1.165, 1.54) is 4.90 Å². The molecule has 0 aromatic carbocycles. The highest BCUT2D eigenvalue weighted by molar-refractivity contribution is 6.18. The molecule has 2 heterocycles. The number of hydrogen-bond acceptors (Lipinski definition) is 5. The maximum Gasteiger partial charge on any atom is 0.198 e. The van der Waals surface area contributed by atoms with E-state index < -0.39 is 40.9 Å². The Morgan fingerprint density at radius 1 is 1.50 bits per heavy atom. The van der Waals surface area contributed by atoms with Crippen LogP contribution in [0.4, 0.5) is 8.78 Å². The molecule has 3 aliphatic rings. The highest BCUT2D eigenvalue weighted by Crippen LogP contribution is 2.41. The monoisotopic (exact) mass is 282 g/mol. The first-order chi connectivity index (χ1) is 9.41. The zero-order valence-electron chi connectivity index (χ0n) is 10.4. The number of carboxylic acid groups (broad SMARTS) is 1. The van der Waals surface area contributed by atoms with Gasteiger partial charge in [0.15, 0.2) is 23.2 Å². The third-order valence-electron chi connectivity index (χ3n) is 3.74. The van der Waals surface area contributed by atoms with Crippen LogP contribution in [0.1, 0.15) is 6.92 Å². The number of carboxylic acids is 1. The van der Waals surface area contributed by atoms with Gasteiger partial charge in [0.05, 0.1) is 23.5 Å². The fourth-order valence-corrected chi connectivity index (χ4v) is 2.74. The lowest BCUT2D eigenvalue weighted by atomic mass is 9.81. The number of aliphatic carboxylic acids is 1. The maximum absolute atomic E-state index is 13.8. The van der Waals surface area contributed by atoms with E-state index in [1.807, 2.05) is 0 Å². The van der Waals surface area contributed by atoms with Gasteiger partial charge in [-0.15, -0.1) is 0 Å². The summed E-state index contributed by atoms with van der Waals surface area (Å²) in [6, 6.07) is -1.11. The fraction of sp³-hybridized carbons (Fsp3) is 0.385. The number of allylic oxidation sites excluding steroid dienone is 2. The molecule has 0 bridgehead atoms. The molecule has 106 valence electrons. The number of ether oxygens (including phenoxy) is 1. The summed E-state index contributed by atoms with van der Waals surface area (Å²) in [6.45, 7) is 1.81. The molecule has 0 saturated carbocycles. The molecule has 1 saturated heterocycles. The highest BCUT2D eigenvalue weighted by Gasteiger charge is 2.48. The molecule has 3 rings (SSSR count). The third-order valence-corrected chi connectivity index (χ3v) is 3.74. The van der Waals surface area contributed by atoms with Crippen molar-refractivity contribution in [1.29, 1.82) is 0 Å². The second-order valence-corrected chi connectivity index (χ2v) is 4.97. The number of nitrogens with zero attached hydrogens (tertiary/aromatic N) is 1. The lowest BCUT2D eigenvalue weighted by Gasteiger charge is -2.47. The van der Waals surface area contributed by atoms with E-state index in [0.29, 0.717) is 0 Å². The van der Waals surface area contributed by atoms with E-state index in [1.54, 1.807) is 6.92 Å². The normalized spacial score (nSPS) is 32.2. The van der Waals surface area contributed by atoms with Crippen LogP contribution in [0.25, 0.3) is 0 Å². The topological polar surface area (TPSA) is 69.7 Å². The first kappa shape index (κ1) is 12.8. The molecule has 0 N–H and O–H groups in total. The van der Waals surface area contributed by atoms with Gasteiger partial charge >= 0.3 is 0 Å². The molecule has 0 aromatic heterocycles. The highest BCUT2D eigenvalue weighted by atomic mass is 19.2. The van der Waals surface area contributed by atoms with E-state index in [2.05, 4.69) is 0 Å². The number of halogens is 2. The predicted molar refractivity (Wildman–Crippen MR) is 60.0 cm³/mol. The number of Topliss-reactive ketones (excluding diaryl/α,β-unsaturated/α-hetero) is 1. The SMILES string of the molecule is C[C@@H]1COC2=C(F)C(F)=C[C@@H]3C(=O)C(C(=O)[O-])=CN1[C@H]23. The molecule has 20 heavy (non-hydrogen) atoms. The average molecular weight is 282 g/mol. The van der Waals surface area contributed by atoms with Crippen LogP contribution >= 0.6 is 0 Å². The van der Waals surface area contributed by atoms with Crippen LogP contribution in [-0.2, 0) is 14.3 Å². The summed E-state index contributed by atoms with van der Waals surface area (Å²) in [5, 5.41) is 11.0. The minimum atomic E-state index is -1.63. The zero-order valence-corrected chi connectivity index (χ0v) is 10.4. The van der Waals surface area contributed by atoms with E-state index >= 15 is 0 Å². The van der Waals surface area contributed by atoms with Crippen molar-refractivity contribution in [2.24, 2.45) is 5.92 Å². The van der Waals surface area contributed by atoms with Crippen molar-refractivity contribution in [2.45, 2.75) is 19.0 Å². The van der Waals surface area contributed by atoms with Gasteiger partial charge in [-0.2, -0.15) is 4.39 Å². The van der Waals surface area contributed by atoms with Gasteiger partial charge in [0.1, 0.15) is 12.6 Å². The van der Waals surface area contributed by atoms with Gasteiger partial charge < -0.3 is 19.5 Å². The first-order valence-electron chi connectivity index (χ1n) is 6.06. The fourth-order valence-electron chi connectivity index (χ4n) is 2.74. The van der Waals surface area contributed by atoms with Crippen molar-refractivity contribution in [3.05, 3.63) is 35.3 Å². The largest absolute Gasteiger partial charge is 0.545 e. The van der Waals surface area contributed by atoms with Gasteiger partial charge in [-0.25, -0.2) is 4.39 Å². The van der Waals surface area contributed by atoms with Crippen molar-refractivity contribution >= 4 is 11.8 Å². The molecule has 1 aliphatic carbocycles. The zero-order chi connectivity index (χ0) is 14.6. The molecular formula is C13H10F2NO4-. The second-order valence-electron chi connectivity index (χ2n) is 4.97. The summed E-state index contributed by atoms with van der Waals surface area (Å²) in [5.74, 6) is -6.15. The Morgan fingerprint density at radius 3 is 2.85 bits per heavy atom. The smallest absolute Gasteiger partial charge is 0.198 e. The Bertz CT molecular complexity index is 607. The summed E-state index contributed by atoms with van der Waals surface area (Å²) in [6.07, 6.45) is 1.94. The van der Waals surface area contributed by atoms with Crippen molar-refractivity contribution in [2.75, 3.05) is 6.61 Å². The van der Waals surface area contributed by atoms with Gasteiger partial charge in [0.2, 0.25) is 0 Å². The Morgan fingerprint density at radius 2 is 2.20 bits per heavy atom. The molecule has 2 aliphatic heterocycles. The van der Waals surface area contributed by atoms with E-state index in [0.717, 1.165) is 12.3 Å². The standard InChI is InChI=1S/C13H11F2NO4/c1-5-4-20-12-9(15)8(14)2-6-10(12)16(5)3-7(11(6)17)13(18)19/h2-3,5-6,10H,4H2,1H3,(H,18,19)/p-1/t5-,6+,10+/m1/s1. The predicted octanol–water partition coefficient (Wildman–Crippen LogP) is -0.0435. The Balaban J connectivity index is 2.17. The minimum absolute atomic E-state index is 0.0737. The van der Waals surface area contributed by atoms with Crippen molar-refractivity contribution in [1.82, 2.24) is 4.90 Å². The van der Waals surface area contributed by atoms with Crippen molar-refractivity contribution in [3.63, 3.8) is 0 Å². The van der Waals surface area contributed by atoms with Crippen molar-refractivity contribution < 1.29 is 28.2 Å². The molecular weight excluding hydrogens is 272 g/mol. The molecule has 7 heteroatoms. The number of carbonyl (C=O) groups excluding carboxylic acids is 2.